The van der Waals surface area contributed by atoms with Gasteiger partial charge in [0.05, 0.1) is 0 Å². The number of carbonyl (C=O) groups excluding carboxylic acids is 3. The highest BCUT2D eigenvalue weighted by Gasteiger charge is 2.06. The summed E-state index contributed by atoms with van der Waals surface area (Å²) in [5.41, 5.74) is 0. The zero-order valence-electron chi connectivity index (χ0n) is 9.97. The van der Waals surface area contributed by atoms with Gasteiger partial charge in [0, 0.05) is 39.8 Å². The van der Waals surface area contributed by atoms with Crippen molar-refractivity contribution in [2.24, 2.45) is 0 Å². The summed E-state index contributed by atoms with van der Waals surface area (Å²) in [4.78, 5) is 33.0. The molecule has 92 valence electrons. The van der Waals surface area contributed by atoms with Crippen LogP contribution in [-0.4, -0.2) is 31.7 Å². The van der Waals surface area contributed by atoms with Gasteiger partial charge in [-0.1, -0.05) is 0 Å². The highest BCUT2D eigenvalue weighted by atomic mass is 16.2. The first-order valence-corrected chi connectivity index (χ1v) is 5.53. The largest absolute Gasteiger partial charge is 0.359 e. The number of unbranched alkanes of at least 4 members (excludes halogenated alkanes) is 1. The van der Waals surface area contributed by atoms with Gasteiger partial charge in [0.15, 0.2) is 0 Å². The van der Waals surface area contributed by atoms with Crippen molar-refractivity contribution in [2.75, 3.05) is 14.1 Å². The molecule has 0 aliphatic rings. The molecule has 0 unspecified atom stereocenters. The minimum Gasteiger partial charge on any atom is -0.359 e. The van der Waals surface area contributed by atoms with Gasteiger partial charge < -0.3 is 10.6 Å². The molecule has 0 aromatic carbocycles. The third-order valence-electron chi connectivity index (χ3n) is 2.30. The number of Topliss-reactive ketones (excluding diaryl/α,β-unsaturated/α-hetero) is 1. The molecule has 0 spiro atoms. The van der Waals surface area contributed by atoms with Crippen LogP contribution in [0.3, 0.4) is 0 Å². The van der Waals surface area contributed by atoms with E-state index >= 15 is 0 Å². The molecule has 0 aromatic rings. The Hall–Kier alpha value is -1.39. The van der Waals surface area contributed by atoms with Crippen LogP contribution in [0.25, 0.3) is 0 Å². The Morgan fingerprint density at radius 1 is 0.750 bits per heavy atom. The number of nitrogens with one attached hydrogen (secondary N) is 2. The maximum Gasteiger partial charge on any atom is 0.220 e. The average Bonchev–Trinajstić information content (AvgIpc) is 2.31. The van der Waals surface area contributed by atoms with Crippen molar-refractivity contribution in [2.45, 2.75) is 38.5 Å². The third kappa shape index (κ3) is 7.96. The molecular formula is C11H20N2O3. The fourth-order valence-corrected chi connectivity index (χ4v) is 1.24. The summed E-state index contributed by atoms with van der Waals surface area (Å²) in [6.07, 6.45) is 2.88. The van der Waals surface area contributed by atoms with Gasteiger partial charge in [-0.3, -0.25) is 14.4 Å². The molecule has 0 heterocycles. The van der Waals surface area contributed by atoms with Crippen molar-refractivity contribution in [1.29, 1.82) is 0 Å². The number of amides is 2. The Morgan fingerprint density at radius 3 is 1.81 bits per heavy atom. The van der Waals surface area contributed by atoms with Gasteiger partial charge in [-0.25, -0.2) is 0 Å². The van der Waals surface area contributed by atoms with E-state index in [0.717, 1.165) is 0 Å². The van der Waals surface area contributed by atoms with Crippen molar-refractivity contribution in [3.63, 3.8) is 0 Å². The van der Waals surface area contributed by atoms with E-state index in [1.165, 1.54) is 0 Å². The van der Waals surface area contributed by atoms with E-state index < -0.39 is 0 Å². The highest BCUT2D eigenvalue weighted by molar-refractivity contribution is 5.84. The van der Waals surface area contributed by atoms with E-state index in [1.54, 1.807) is 14.1 Å². The molecule has 0 aliphatic heterocycles. The summed E-state index contributed by atoms with van der Waals surface area (Å²) in [5, 5.41) is 4.99. The minimum atomic E-state index is -0.112. The molecular weight excluding hydrogens is 208 g/mol. The maximum atomic E-state index is 11.3. The maximum absolute atomic E-state index is 11.3. The van der Waals surface area contributed by atoms with Crippen LogP contribution >= 0.6 is 0 Å². The predicted molar refractivity (Wildman–Crippen MR) is 60.8 cm³/mol. The smallest absolute Gasteiger partial charge is 0.220 e. The zero-order chi connectivity index (χ0) is 12.4. The molecule has 16 heavy (non-hydrogen) atoms. The van der Waals surface area contributed by atoms with Gasteiger partial charge in [0.1, 0.15) is 5.78 Å². The van der Waals surface area contributed by atoms with Crippen LogP contribution in [0.4, 0.5) is 0 Å². The minimum absolute atomic E-state index is 0.00203. The molecule has 0 saturated heterocycles. The topological polar surface area (TPSA) is 75.3 Å². The van der Waals surface area contributed by atoms with Gasteiger partial charge in [-0.05, 0) is 12.8 Å². The first-order chi connectivity index (χ1) is 7.60. The number of ketones is 1. The zero-order valence-corrected chi connectivity index (χ0v) is 9.97. The summed E-state index contributed by atoms with van der Waals surface area (Å²) < 4.78 is 0. The van der Waals surface area contributed by atoms with Gasteiger partial charge >= 0.3 is 0 Å². The Kier molecular flexibility index (Phi) is 8.11. The monoisotopic (exact) mass is 228 g/mol. The van der Waals surface area contributed by atoms with E-state index in [4.69, 9.17) is 0 Å². The third-order valence-corrected chi connectivity index (χ3v) is 2.30. The first kappa shape index (κ1) is 14.6. The van der Waals surface area contributed by atoms with Crippen LogP contribution in [0.2, 0.25) is 0 Å². The molecule has 5 heteroatoms. The Labute approximate surface area is 96.0 Å². The van der Waals surface area contributed by atoms with E-state index in [2.05, 4.69) is 10.6 Å². The molecule has 5 nitrogen and oxygen atoms in total. The second kappa shape index (κ2) is 8.88. The lowest BCUT2D eigenvalue weighted by Gasteiger charge is -2.01. The number of carbonyl (C=O) groups is 3. The predicted octanol–water partition coefficient (Wildman–Crippen LogP) is 0.388. The molecule has 0 saturated carbocycles. The second-order valence-electron chi connectivity index (χ2n) is 3.59. The Morgan fingerprint density at radius 2 is 1.25 bits per heavy atom. The molecule has 0 aromatic heterocycles. The summed E-state index contributed by atoms with van der Waals surface area (Å²) in [5.74, 6) is -0.0305. The van der Waals surface area contributed by atoms with Crippen LogP contribution in [0.15, 0.2) is 0 Å². The van der Waals surface area contributed by atoms with Crippen molar-refractivity contribution < 1.29 is 14.4 Å². The van der Waals surface area contributed by atoms with E-state index in [-0.39, 0.29) is 24.0 Å². The van der Waals surface area contributed by atoms with Gasteiger partial charge in [0.25, 0.3) is 0 Å². The summed E-state index contributed by atoms with van der Waals surface area (Å²) in [7, 11) is 3.15. The number of rotatable bonds is 8. The molecule has 2 amide bonds. The molecule has 0 atom stereocenters. The first-order valence-electron chi connectivity index (χ1n) is 5.53. The average molecular weight is 228 g/mol. The molecule has 0 aliphatic carbocycles. The van der Waals surface area contributed by atoms with E-state index in [1.807, 2.05) is 0 Å². The summed E-state index contributed by atoms with van der Waals surface area (Å²) in [6, 6.07) is 0. The lowest BCUT2D eigenvalue weighted by Crippen LogP contribution is -2.18. The molecule has 0 radical (unpaired) electrons. The standard InChI is InChI=1S/C11H20N2O3/c1-12-10(15)6-4-3-5-9(14)7-8-11(16)13-2/h3-8H2,1-2H3,(H,12,15)(H,13,16). The second-order valence-corrected chi connectivity index (χ2v) is 3.59. The fraction of sp³-hybridized carbons (Fsp3) is 0.727. The Balaban J connectivity index is 3.44. The van der Waals surface area contributed by atoms with Crippen LogP contribution in [0.1, 0.15) is 38.5 Å². The van der Waals surface area contributed by atoms with Crippen LogP contribution in [0, 0.1) is 0 Å². The van der Waals surface area contributed by atoms with Gasteiger partial charge in [-0.2, -0.15) is 0 Å². The lowest BCUT2D eigenvalue weighted by atomic mass is 10.1. The van der Waals surface area contributed by atoms with Crippen LogP contribution < -0.4 is 10.6 Å². The van der Waals surface area contributed by atoms with E-state index in [9.17, 15) is 14.4 Å². The van der Waals surface area contributed by atoms with Gasteiger partial charge in [0.2, 0.25) is 11.8 Å². The molecule has 0 rings (SSSR count). The van der Waals surface area contributed by atoms with Crippen molar-refractivity contribution in [3.8, 4) is 0 Å². The van der Waals surface area contributed by atoms with Crippen molar-refractivity contribution in [3.05, 3.63) is 0 Å². The van der Waals surface area contributed by atoms with E-state index in [0.29, 0.717) is 32.1 Å². The lowest BCUT2D eigenvalue weighted by molar-refractivity contribution is -0.125. The SMILES string of the molecule is CNC(=O)CCCCC(=O)CCC(=O)NC. The summed E-state index contributed by atoms with van der Waals surface area (Å²) in [6.45, 7) is 0. The van der Waals surface area contributed by atoms with Crippen LogP contribution in [-0.2, 0) is 14.4 Å². The molecule has 0 bridgehead atoms. The quantitative estimate of drug-likeness (QED) is 0.590. The van der Waals surface area contributed by atoms with Gasteiger partial charge in [-0.15, -0.1) is 0 Å². The van der Waals surface area contributed by atoms with Crippen molar-refractivity contribution in [1.82, 2.24) is 10.6 Å². The normalized spacial score (nSPS) is 9.62. The molecule has 2 N–H and O–H groups in total. The fourth-order valence-electron chi connectivity index (χ4n) is 1.24. The summed E-state index contributed by atoms with van der Waals surface area (Å²) >= 11 is 0. The Bertz CT molecular complexity index is 252. The highest BCUT2D eigenvalue weighted by Crippen LogP contribution is 2.04. The van der Waals surface area contributed by atoms with Crippen molar-refractivity contribution >= 4 is 17.6 Å². The number of hydrogen-bond acceptors (Lipinski definition) is 3. The molecule has 0 fully saturated rings. The van der Waals surface area contributed by atoms with Crippen LogP contribution in [0.5, 0.6) is 0 Å². The number of hydrogen-bond donors (Lipinski definition) is 2.